The molecule has 0 aliphatic carbocycles. The molecule has 1 aliphatic heterocycles. The minimum absolute atomic E-state index is 0. The van der Waals surface area contributed by atoms with Crippen LogP contribution in [-0.4, -0.2) is 81.7 Å². The molecule has 0 atom stereocenters. The average molecular weight is 501 g/mol. The van der Waals surface area contributed by atoms with Gasteiger partial charge in [0.15, 0.2) is 5.96 Å². The van der Waals surface area contributed by atoms with Crippen LogP contribution in [0.3, 0.4) is 0 Å². The predicted molar refractivity (Wildman–Crippen MR) is 121 cm³/mol. The van der Waals surface area contributed by atoms with Gasteiger partial charge in [-0.05, 0) is 19.8 Å². The van der Waals surface area contributed by atoms with Gasteiger partial charge in [0, 0.05) is 52.4 Å². The molecule has 1 saturated heterocycles. The molecule has 0 radical (unpaired) electrons. The van der Waals surface area contributed by atoms with Gasteiger partial charge in [0.2, 0.25) is 10.0 Å². The number of guanidine groups is 1. The van der Waals surface area contributed by atoms with Crippen molar-refractivity contribution in [3.8, 4) is 0 Å². The van der Waals surface area contributed by atoms with Crippen molar-refractivity contribution in [2.75, 3.05) is 52.1 Å². The van der Waals surface area contributed by atoms with Crippen molar-refractivity contribution >= 4 is 40.0 Å². The van der Waals surface area contributed by atoms with E-state index in [1.54, 1.807) is 7.05 Å². The first kappa shape index (κ1) is 25.6. The number of nitrogens with one attached hydrogen (secondary N) is 2. The highest BCUT2D eigenvalue weighted by molar-refractivity contribution is 14.0. The maximum absolute atomic E-state index is 12.2. The molecule has 7 nitrogen and oxygen atoms in total. The Labute approximate surface area is 176 Å². The van der Waals surface area contributed by atoms with Crippen molar-refractivity contribution in [2.45, 2.75) is 39.7 Å². The first-order chi connectivity index (χ1) is 11.8. The van der Waals surface area contributed by atoms with Gasteiger partial charge < -0.3 is 10.6 Å². The molecule has 1 rings (SSSR count). The van der Waals surface area contributed by atoms with E-state index in [0.29, 0.717) is 31.6 Å². The number of rotatable bonds is 9. The summed E-state index contributed by atoms with van der Waals surface area (Å²) in [5.74, 6) is 0.750. The van der Waals surface area contributed by atoms with Crippen LogP contribution in [0.2, 0.25) is 0 Å². The topological polar surface area (TPSA) is 77.0 Å². The number of hydrogen-bond donors (Lipinski definition) is 2. The number of sulfonamides is 1. The third kappa shape index (κ3) is 9.01. The second-order valence-corrected chi connectivity index (χ2v) is 8.64. The van der Waals surface area contributed by atoms with E-state index in [-0.39, 0.29) is 29.7 Å². The van der Waals surface area contributed by atoms with Gasteiger partial charge in [0.1, 0.15) is 0 Å². The standard InChI is InChI=1S/C17H35N5O2S.HI/c1-6-22(7-2)25(23,24)13-10-19-17(18-5)20-16-8-11-21(12-9-16)14-15(3)4;/h16H,3,6-14H2,1-2,4-5H3,(H2,18,19,20);1H. The van der Waals surface area contributed by atoms with Gasteiger partial charge >= 0.3 is 0 Å². The van der Waals surface area contributed by atoms with E-state index in [0.717, 1.165) is 32.5 Å². The zero-order chi connectivity index (χ0) is 18.9. The summed E-state index contributed by atoms with van der Waals surface area (Å²) < 4.78 is 25.9. The lowest BCUT2D eigenvalue weighted by atomic mass is 10.0. The Morgan fingerprint density at radius 1 is 1.27 bits per heavy atom. The molecule has 2 N–H and O–H groups in total. The molecule has 0 unspecified atom stereocenters. The summed E-state index contributed by atoms with van der Waals surface area (Å²) in [4.78, 5) is 6.62. The fourth-order valence-corrected chi connectivity index (χ4v) is 4.45. The SMILES string of the molecule is C=C(C)CN1CCC(NC(=NC)NCCS(=O)(=O)N(CC)CC)CC1.I. The summed E-state index contributed by atoms with van der Waals surface area (Å²) in [6.45, 7) is 14.2. The van der Waals surface area contributed by atoms with Gasteiger partial charge in [-0.25, -0.2) is 12.7 Å². The summed E-state index contributed by atoms with van der Waals surface area (Å²) in [5, 5.41) is 6.53. The molecule has 0 aromatic rings. The van der Waals surface area contributed by atoms with Crippen molar-refractivity contribution in [2.24, 2.45) is 4.99 Å². The minimum Gasteiger partial charge on any atom is -0.355 e. The monoisotopic (exact) mass is 501 g/mol. The Hall–Kier alpha value is -0.390. The molecule has 1 aliphatic rings. The molecule has 0 bridgehead atoms. The largest absolute Gasteiger partial charge is 0.355 e. The third-order valence-electron chi connectivity index (χ3n) is 4.40. The van der Waals surface area contributed by atoms with E-state index < -0.39 is 10.0 Å². The lowest BCUT2D eigenvalue weighted by Crippen LogP contribution is -2.49. The summed E-state index contributed by atoms with van der Waals surface area (Å²) in [7, 11) is -1.49. The number of aliphatic imine (C=N–C) groups is 1. The van der Waals surface area contributed by atoms with Gasteiger partial charge in [0.25, 0.3) is 0 Å². The van der Waals surface area contributed by atoms with Crippen molar-refractivity contribution in [1.29, 1.82) is 0 Å². The van der Waals surface area contributed by atoms with Crippen LogP contribution >= 0.6 is 24.0 Å². The maximum atomic E-state index is 12.2. The maximum Gasteiger partial charge on any atom is 0.215 e. The molecule has 0 spiro atoms. The summed E-state index contributed by atoms with van der Waals surface area (Å²) in [5.41, 5.74) is 1.19. The number of nitrogens with zero attached hydrogens (tertiary/aromatic N) is 3. The Balaban J connectivity index is 0.00000625. The second-order valence-electron chi connectivity index (χ2n) is 6.55. The molecule has 26 heavy (non-hydrogen) atoms. The minimum atomic E-state index is -3.21. The van der Waals surface area contributed by atoms with Crippen molar-refractivity contribution in [1.82, 2.24) is 19.8 Å². The predicted octanol–water partition coefficient (Wildman–Crippen LogP) is 1.48. The number of likely N-dealkylation sites (tertiary alicyclic amines) is 1. The smallest absolute Gasteiger partial charge is 0.215 e. The first-order valence-electron chi connectivity index (χ1n) is 9.14. The van der Waals surface area contributed by atoms with Crippen LogP contribution in [0.5, 0.6) is 0 Å². The highest BCUT2D eigenvalue weighted by atomic mass is 127. The Morgan fingerprint density at radius 2 is 1.85 bits per heavy atom. The average Bonchev–Trinajstić information content (AvgIpc) is 2.55. The summed E-state index contributed by atoms with van der Waals surface area (Å²) >= 11 is 0. The zero-order valence-corrected chi connectivity index (χ0v) is 19.8. The number of halogens is 1. The van der Waals surface area contributed by atoms with Crippen LogP contribution in [0.4, 0.5) is 0 Å². The molecule has 1 heterocycles. The van der Waals surface area contributed by atoms with Crippen LogP contribution in [0.15, 0.2) is 17.1 Å². The summed E-state index contributed by atoms with van der Waals surface area (Å²) in [6, 6.07) is 0.368. The normalized spacial score (nSPS) is 17.0. The van der Waals surface area contributed by atoms with E-state index in [9.17, 15) is 8.42 Å². The van der Waals surface area contributed by atoms with E-state index >= 15 is 0 Å². The molecule has 1 fully saturated rings. The fourth-order valence-electron chi connectivity index (χ4n) is 3.05. The van der Waals surface area contributed by atoms with E-state index in [4.69, 9.17) is 0 Å². The van der Waals surface area contributed by atoms with Crippen LogP contribution in [0.25, 0.3) is 0 Å². The lowest BCUT2D eigenvalue weighted by Gasteiger charge is -2.33. The van der Waals surface area contributed by atoms with Gasteiger partial charge in [-0.1, -0.05) is 26.0 Å². The lowest BCUT2D eigenvalue weighted by molar-refractivity contribution is 0.221. The van der Waals surface area contributed by atoms with Crippen molar-refractivity contribution in [3.05, 3.63) is 12.2 Å². The molecule has 0 aromatic carbocycles. The Kier molecular flexibility index (Phi) is 12.7. The van der Waals surface area contributed by atoms with Gasteiger partial charge in [-0.15, -0.1) is 24.0 Å². The molecule has 0 amide bonds. The van der Waals surface area contributed by atoms with Crippen LogP contribution in [-0.2, 0) is 10.0 Å². The second kappa shape index (κ2) is 12.9. The number of hydrogen-bond acceptors (Lipinski definition) is 4. The van der Waals surface area contributed by atoms with E-state index in [1.165, 1.54) is 9.88 Å². The highest BCUT2D eigenvalue weighted by Crippen LogP contribution is 2.11. The molecule has 0 saturated carbocycles. The molecular weight excluding hydrogens is 465 g/mol. The fraction of sp³-hybridized carbons (Fsp3) is 0.824. The molecule has 0 aromatic heterocycles. The highest BCUT2D eigenvalue weighted by Gasteiger charge is 2.21. The zero-order valence-electron chi connectivity index (χ0n) is 16.6. The van der Waals surface area contributed by atoms with Crippen molar-refractivity contribution in [3.63, 3.8) is 0 Å². The van der Waals surface area contributed by atoms with Crippen LogP contribution in [0.1, 0.15) is 33.6 Å². The molecule has 9 heteroatoms. The van der Waals surface area contributed by atoms with E-state index in [2.05, 4.69) is 34.0 Å². The molecule has 154 valence electrons. The molecular formula is C17H36IN5O2S. The quantitative estimate of drug-likeness (QED) is 0.217. The van der Waals surface area contributed by atoms with Gasteiger partial charge in [0.05, 0.1) is 5.75 Å². The summed E-state index contributed by atoms with van der Waals surface area (Å²) in [6.07, 6.45) is 2.09. The Morgan fingerprint density at radius 3 is 2.31 bits per heavy atom. The van der Waals surface area contributed by atoms with Crippen LogP contribution < -0.4 is 10.6 Å². The first-order valence-corrected chi connectivity index (χ1v) is 10.7. The van der Waals surface area contributed by atoms with Crippen molar-refractivity contribution < 1.29 is 8.42 Å². The van der Waals surface area contributed by atoms with Gasteiger partial charge in [-0.2, -0.15) is 0 Å². The van der Waals surface area contributed by atoms with Crippen LogP contribution in [0, 0.1) is 0 Å². The van der Waals surface area contributed by atoms with E-state index in [1.807, 2.05) is 13.8 Å². The third-order valence-corrected chi connectivity index (χ3v) is 6.42. The van der Waals surface area contributed by atoms with Gasteiger partial charge in [-0.3, -0.25) is 9.89 Å². The Bertz CT molecular complexity index is 541. The number of piperidine rings is 1.